The van der Waals surface area contributed by atoms with Gasteiger partial charge in [-0.05, 0) is 30.3 Å². The van der Waals surface area contributed by atoms with Crippen LogP contribution >= 0.6 is 11.6 Å². The molecule has 2 aromatic rings. The van der Waals surface area contributed by atoms with E-state index >= 15 is 0 Å². The van der Waals surface area contributed by atoms with Gasteiger partial charge in [-0.3, -0.25) is 4.98 Å². The van der Waals surface area contributed by atoms with E-state index in [2.05, 4.69) is 10.3 Å². The van der Waals surface area contributed by atoms with Gasteiger partial charge in [0, 0.05) is 29.9 Å². The second-order valence-electron chi connectivity index (χ2n) is 3.62. The fraction of sp³-hybridized carbons (Fsp3) is 0.154. The fourth-order valence-corrected chi connectivity index (χ4v) is 1.66. The summed E-state index contributed by atoms with van der Waals surface area (Å²) in [6, 6.07) is 10.3. The summed E-state index contributed by atoms with van der Waals surface area (Å²) in [6.45, 7) is 0.634. The third-order valence-electron chi connectivity index (χ3n) is 2.35. The Kier molecular flexibility index (Phi) is 3.94. The Morgan fingerprint density at radius 2 is 2.12 bits per heavy atom. The normalized spacial score (nSPS) is 10.2. The van der Waals surface area contributed by atoms with E-state index in [9.17, 15) is 4.39 Å². The quantitative estimate of drug-likeness (QED) is 0.898. The first-order valence-electron chi connectivity index (χ1n) is 5.34. The predicted molar refractivity (Wildman–Crippen MR) is 67.8 cm³/mol. The Labute approximate surface area is 104 Å². The van der Waals surface area contributed by atoms with Crippen LogP contribution in [0.15, 0.2) is 42.6 Å². The summed E-state index contributed by atoms with van der Waals surface area (Å²) in [4.78, 5) is 4.19. The summed E-state index contributed by atoms with van der Waals surface area (Å²) < 4.78 is 13.4. The van der Waals surface area contributed by atoms with Crippen LogP contribution in [0.3, 0.4) is 0 Å². The average Bonchev–Trinajstić information content (AvgIpc) is 2.33. The molecule has 1 aromatic heterocycles. The summed E-state index contributed by atoms with van der Waals surface area (Å²) in [7, 11) is 0. The molecule has 0 aliphatic carbocycles. The first-order chi connectivity index (χ1) is 8.25. The van der Waals surface area contributed by atoms with Gasteiger partial charge in [0.25, 0.3) is 0 Å². The van der Waals surface area contributed by atoms with E-state index in [0.29, 0.717) is 17.3 Å². The molecule has 1 heterocycles. The van der Waals surface area contributed by atoms with Gasteiger partial charge in [-0.2, -0.15) is 0 Å². The number of benzene rings is 1. The van der Waals surface area contributed by atoms with E-state index in [0.717, 1.165) is 12.1 Å². The molecule has 1 aromatic carbocycles. The number of rotatable bonds is 4. The zero-order valence-corrected chi connectivity index (χ0v) is 9.91. The maximum Gasteiger partial charge on any atom is 0.147 e. The Morgan fingerprint density at radius 1 is 1.24 bits per heavy atom. The lowest BCUT2D eigenvalue weighted by Gasteiger charge is -2.07. The van der Waals surface area contributed by atoms with E-state index in [1.807, 2.05) is 18.2 Å². The summed E-state index contributed by atoms with van der Waals surface area (Å²) in [5.74, 6) is -0.335. The van der Waals surface area contributed by atoms with Gasteiger partial charge in [0.2, 0.25) is 0 Å². The molecule has 0 aliphatic heterocycles. The van der Waals surface area contributed by atoms with Crippen molar-refractivity contribution in [2.75, 3.05) is 11.9 Å². The summed E-state index contributed by atoms with van der Waals surface area (Å²) in [5.41, 5.74) is 1.44. The monoisotopic (exact) mass is 250 g/mol. The molecule has 0 spiro atoms. The predicted octanol–water partition coefficient (Wildman–Crippen LogP) is 3.53. The number of aromatic nitrogens is 1. The van der Waals surface area contributed by atoms with Gasteiger partial charge in [-0.25, -0.2) is 4.39 Å². The van der Waals surface area contributed by atoms with Gasteiger partial charge < -0.3 is 5.32 Å². The maximum absolute atomic E-state index is 13.4. The number of nitrogens with zero attached hydrogens (tertiary/aromatic N) is 1. The SMILES string of the molecule is Fc1cc(Cl)ccc1NCCc1ccccn1. The second kappa shape index (κ2) is 5.64. The molecule has 0 unspecified atom stereocenters. The van der Waals surface area contributed by atoms with Gasteiger partial charge in [-0.15, -0.1) is 0 Å². The average molecular weight is 251 g/mol. The zero-order chi connectivity index (χ0) is 12.1. The van der Waals surface area contributed by atoms with E-state index in [1.54, 1.807) is 18.3 Å². The van der Waals surface area contributed by atoms with Crippen molar-refractivity contribution >= 4 is 17.3 Å². The van der Waals surface area contributed by atoms with Crippen LogP contribution in [-0.2, 0) is 6.42 Å². The molecule has 1 N–H and O–H groups in total. The minimum atomic E-state index is -0.335. The molecule has 0 amide bonds. The summed E-state index contributed by atoms with van der Waals surface area (Å²) in [5, 5.41) is 3.42. The molecule has 0 radical (unpaired) electrons. The molecule has 2 nitrogen and oxygen atoms in total. The van der Waals surface area contributed by atoms with Crippen LogP contribution in [0.2, 0.25) is 5.02 Å². The number of anilines is 1. The van der Waals surface area contributed by atoms with Crippen molar-refractivity contribution < 1.29 is 4.39 Å². The van der Waals surface area contributed by atoms with Crippen LogP contribution in [0.4, 0.5) is 10.1 Å². The molecule has 88 valence electrons. The van der Waals surface area contributed by atoms with Gasteiger partial charge in [-0.1, -0.05) is 17.7 Å². The van der Waals surface area contributed by atoms with Crippen LogP contribution in [0.25, 0.3) is 0 Å². The van der Waals surface area contributed by atoms with Crippen molar-refractivity contribution in [3.05, 3.63) is 59.1 Å². The Hall–Kier alpha value is -1.61. The molecular weight excluding hydrogens is 239 g/mol. The summed E-state index contributed by atoms with van der Waals surface area (Å²) >= 11 is 5.67. The van der Waals surface area contributed by atoms with Crippen molar-refractivity contribution in [3.8, 4) is 0 Å². The van der Waals surface area contributed by atoms with Crippen molar-refractivity contribution in [1.82, 2.24) is 4.98 Å². The largest absolute Gasteiger partial charge is 0.382 e. The molecule has 0 saturated heterocycles. The van der Waals surface area contributed by atoms with Crippen LogP contribution in [0, 0.1) is 5.82 Å². The molecule has 17 heavy (non-hydrogen) atoms. The molecule has 0 fully saturated rings. The minimum Gasteiger partial charge on any atom is -0.382 e. The second-order valence-corrected chi connectivity index (χ2v) is 4.06. The van der Waals surface area contributed by atoms with E-state index < -0.39 is 0 Å². The summed E-state index contributed by atoms with van der Waals surface area (Å²) in [6.07, 6.45) is 2.50. The first-order valence-corrected chi connectivity index (χ1v) is 5.72. The third kappa shape index (κ3) is 3.43. The lowest BCUT2D eigenvalue weighted by molar-refractivity contribution is 0.630. The van der Waals surface area contributed by atoms with E-state index in [-0.39, 0.29) is 5.82 Å². The van der Waals surface area contributed by atoms with E-state index in [1.165, 1.54) is 6.07 Å². The molecule has 0 bridgehead atoms. The molecule has 2 rings (SSSR count). The lowest BCUT2D eigenvalue weighted by Crippen LogP contribution is -2.07. The number of hydrogen-bond donors (Lipinski definition) is 1. The topological polar surface area (TPSA) is 24.9 Å². The van der Waals surface area contributed by atoms with Crippen molar-refractivity contribution in [3.63, 3.8) is 0 Å². The smallest absolute Gasteiger partial charge is 0.147 e. The number of pyridine rings is 1. The molecule has 0 aliphatic rings. The van der Waals surface area contributed by atoms with E-state index in [4.69, 9.17) is 11.6 Å². The highest BCUT2D eigenvalue weighted by molar-refractivity contribution is 6.30. The van der Waals surface area contributed by atoms with Gasteiger partial charge in [0.15, 0.2) is 0 Å². The Morgan fingerprint density at radius 3 is 2.82 bits per heavy atom. The minimum absolute atomic E-state index is 0.335. The zero-order valence-electron chi connectivity index (χ0n) is 9.16. The molecule has 0 atom stereocenters. The molecule has 4 heteroatoms. The first kappa shape index (κ1) is 11.9. The third-order valence-corrected chi connectivity index (χ3v) is 2.59. The van der Waals surface area contributed by atoms with Crippen LogP contribution in [0.5, 0.6) is 0 Å². The lowest BCUT2D eigenvalue weighted by atomic mass is 10.2. The standard InChI is InChI=1S/C13H12ClFN2/c14-10-4-5-13(12(15)9-10)17-8-6-11-3-1-2-7-16-11/h1-5,7,9,17H,6,8H2. The van der Waals surface area contributed by atoms with Crippen molar-refractivity contribution in [1.29, 1.82) is 0 Å². The van der Waals surface area contributed by atoms with Crippen molar-refractivity contribution in [2.45, 2.75) is 6.42 Å². The Bertz CT molecular complexity index is 488. The molecule has 0 saturated carbocycles. The molecular formula is C13H12ClFN2. The highest BCUT2D eigenvalue weighted by Crippen LogP contribution is 2.18. The van der Waals surface area contributed by atoms with Gasteiger partial charge in [0.1, 0.15) is 5.82 Å². The fourth-order valence-electron chi connectivity index (χ4n) is 1.50. The highest BCUT2D eigenvalue weighted by atomic mass is 35.5. The number of nitrogens with one attached hydrogen (secondary N) is 1. The van der Waals surface area contributed by atoms with Gasteiger partial charge in [0.05, 0.1) is 5.69 Å². The van der Waals surface area contributed by atoms with Crippen LogP contribution in [-0.4, -0.2) is 11.5 Å². The number of halogens is 2. The highest BCUT2D eigenvalue weighted by Gasteiger charge is 2.02. The maximum atomic E-state index is 13.4. The number of hydrogen-bond acceptors (Lipinski definition) is 2. The Balaban J connectivity index is 1.90. The van der Waals surface area contributed by atoms with Gasteiger partial charge >= 0.3 is 0 Å². The van der Waals surface area contributed by atoms with Crippen LogP contribution < -0.4 is 5.32 Å². The van der Waals surface area contributed by atoms with Crippen molar-refractivity contribution in [2.24, 2.45) is 0 Å². The van der Waals surface area contributed by atoms with Crippen LogP contribution in [0.1, 0.15) is 5.69 Å².